The highest BCUT2D eigenvalue weighted by atomic mass is 16.5. The molecule has 0 fully saturated rings. The van der Waals surface area contributed by atoms with Gasteiger partial charge in [0.25, 0.3) is 5.56 Å². The molecule has 0 aromatic carbocycles. The van der Waals surface area contributed by atoms with E-state index >= 15 is 0 Å². The summed E-state index contributed by atoms with van der Waals surface area (Å²) in [6, 6.07) is 3.28. The van der Waals surface area contributed by atoms with Gasteiger partial charge in [0, 0.05) is 12.3 Å². The van der Waals surface area contributed by atoms with Crippen LogP contribution in [0.4, 0.5) is 0 Å². The van der Waals surface area contributed by atoms with Crippen LogP contribution < -0.4 is 11.2 Å². The zero-order valence-electron chi connectivity index (χ0n) is 8.01. The number of H-pyrrole nitrogens is 1. The van der Waals surface area contributed by atoms with E-state index in [1.807, 2.05) is 4.98 Å². The summed E-state index contributed by atoms with van der Waals surface area (Å²) in [6.07, 6.45) is 2.63. The smallest absolute Gasteiger partial charge is 0.328 e. The molecule has 7 nitrogen and oxygen atoms in total. The fourth-order valence-corrected chi connectivity index (χ4v) is 1.20. The Morgan fingerprint density at radius 3 is 3.00 bits per heavy atom. The summed E-state index contributed by atoms with van der Waals surface area (Å²) in [5, 5.41) is 12.1. The molecule has 80 valence electrons. The molecule has 0 aliphatic carbocycles. The van der Waals surface area contributed by atoms with Gasteiger partial charge in [0.1, 0.15) is 11.6 Å². The van der Waals surface area contributed by atoms with Crippen LogP contribution in [0.2, 0.25) is 0 Å². The first-order chi connectivity index (χ1) is 7.70. The highest BCUT2D eigenvalue weighted by molar-refractivity contribution is 5.21. The minimum absolute atomic E-state index is 0.115. The first-order valence-electron chi connectivity index (χ1n) is 4.34. The van der Waals surface area contributed by atoms with Gasteiger partial charge in [-0.2, -0.15) is 5.26 Å². The summed E-state index contributed by atoms with van der Waals surface area (Å²) in [7, 11) is 0. The lowest BCUT2D eigenvalue weighted by Crippen LogP contribution is -2.31. The second-order valence-corrected chi connectivity index (χ2v) is 3.02. The molecule has 0 radical (unpaired) electrons. The molecule has 16 heavy (non-hydrogen) atoms. The van der Waals surface area contributed by atoms with Crippen LogP contribution in [-0.2, 0) is 6.54 Å². The van der Waals surface area contributed by atoms with Gasteiger partial charge in [-0.25, -0.2) is 4.79 Å². The van der Waals surface area contributed by atoms with Gasteiger partial charge >= 0.3 is 5.69 Å². The van der Waals surface area contributed by atoms with Crippen molar-refractivity contribution in [2.45, 2.75) is 6.54 Å². The Hall–Kier alpha value is -2.62. The molecule has 0 saturated carbocycles. The van der Waals surface area contributed by atoms with E-state index in [2.05, 4.69) is 5.16 Å². The summed E-state index contributed by atoms with van der Waals surface area (Å²) in [5.74, 6) is 0.457. The average molecular weight is 218 g/mol. The van der Waals surface area contributed by atoms with Crippen molar-refractivity contribution >= 4 is 0 Å². The highest BCUT2D eigenvalue weighted by Gasteiger charge is 2.05. The maximum absolute atomic E-state index is 11.4. The highest BCUT2D eigenvalue weighted by Crippen LogP contribution is 1.98. The molecule has 2 aromatic heterocycles. The third-order valence-corrected chi connectivity index (χ3v) is 1.95. The third kappa shape index (κ3) is 1.76. The molecular formula is C9H6N4O3. The van der Waals surface area contributed by atoms with Crippen molar-refractivity contribution < 1.29 is 4.52 Å². The summed E-state index contributed by atoms with van der Waals surface area (Å²) >= 11 is 0. The molecule has 0 amide bonds. The number of hydrogen-bond donors (Lipinski definition) is 1. The summed E-state index contributed by atoms with van der Waals surface area (Å²) in [5.41, 5.74) is -1.42. The van der Waals surface area contributed by atoms with Gasteiger partial charge in [0.15, 0.2) is 5.76 Å². The first kappa shape index (κ1) is 9.92. The van der Waals surface area contributed by atoms with Crippen molar-refractivity contribution in [3.63, 3.8) is 0 Å². The lowest BCUT2D eigenvalue weighted by atomic mass is 10.3. The quantitative estimate of drug-likeness (QED) is 0.727. The van der Waals surface area contributed by atoms with Crippen LogP contribution in [-0.4, -0.2) is 14.7 Å². The van der Waals surface area contributed by atoms with E-state index in [0.29, 0.717) is 5.76 Å². The largest absolute Gasteiger partial charge is 0.359 e. The van der Waals surface area contributed by atoms with Crippen molar-refractivity contribution in [1.29, 1.82) is 5.26 Å². The van der Waals surface area contributed by atoms with Crippen molar-refractivity contribution in [1.82, 2.24) is 14.7 Å². The van der Waals surface area contributed by atoms with Gasteiger partial charge in [-0.05, 0) is 0 Å². The average Bonchev–Trinajstić information content (AvgIpc) is 2.75. The van der Waals surface area contributed by atoms with Crippen LogP contribution in [0.5, 0.6) is 0 Å². The van der Waals surface area contributed by atoms with Gasteiger partial charge < -0.3 is 4.52 Å². The number of hydrogen-bond acceptors (Lipinski definition) is 5. The van der Waals surface area contributed by atoms with Crippen molar-refractivity contribution in [3.8, 4) is 6.07 Å². The Labute approximate surface area is 88.5 Å². The standard InChI is InChI=1S/C9H6N4O3/c10-3-6-4-13(9(15)12-8(6)14)5-7-1-2-11-16-7/h1-2,4H,5H2,(H,12,14,15). The van der Waals surface area contributed by atoms with Crippen LogP contribution in [0.15, 0.2) is 32.6 Å². The fraction of sp³-hybridized carbons (Fsp3) is 0.111. The minimum atomic E-state index is -0.693. The molecule has 1 N–H and O–H groups in total. The summed E-state index contributed by atoms with van der Waals surface area (Å²) in [6.45, 7) is 0.115. The molecule has 2 rings (SSSR count). The van der Waals surface area contributed by atoms with E-state index in [4.69, 9.17) is 9.78 Å². The normalized spacial score (nSPS) is 9.94. The van der Waals surface area contributed by atoms with Gasteiger partial charge in [-0.3, -0.25) is 14.3 Å². The zero-order valence-corrected chi connectivity index (χ0v) is 8.01. The second-order valence-electron chi connectivity index (χ2n) is 3.02. The van der Waals surface area contributed by atoms with Crippen LogP contribution >= 0.6 is 0 Å². The van der Waals surface area contributed by atoms with E-state index in [9.17, 15) is 9.59 Å². The predicted molar refractivity (Wildman–Crippen MR) is 51.6 cm³/mol. The topological polar surface area (TPSA) is 105 Å². The van der Waals surface area contributed by atoms with E-state index in [-0.39, 0.29) is 12.1 Å². The second kappa shape index (κ2) is 3.86. The summed E-state index contributed by atoms with van der Waals surface area (Å²) < 4.78 is 5.98. The molecule has 2 heterocycles. The van der Waals surface area contributed by atoms with Gasteiger partial charge in [0.05, 0.1) is 12.7 Å². The molecule has 2 aromatic rings. The molecule has 0 spiro atoms. The number of nitrogens with zero attached hydrogens (tertiary/aromatic N) is 3. The summed E-state index contributed by atoms with van der Waals surface area (Å²) in [4.78, 5) is 24.5. The Kier molecular flexibility index (Phi) is 2.39. The Morgan fingerprint density at radius 1 is 1.56 bits per heavy atom. The van der Waals surface area contributed by atoms with Gasteiger partial charge in [-0.15, -0.1) is 0 Å². The van der Waals surface area contributed by atoms with E-state index < -0.39 is 11.2 Å². The van der Waals surface area contributed by atoms with Crippen molar-refractivity contribution in [2.75, 3.05) is 0 Å². The zero-order chi connectivity index (χ0) is 11.5. The maximum Gasteiger partial charge on any atom is 0.328 e. The molecule has 7 heteroatoms. The Balaban J connectivity index is 2.46. The molecule has 0 aliphatic rings. The van der Waals surface area contributed by atoms with Crippen molar-refractivity contribution in [3.05, 3.63) is 50.6 Å². The van der Waals surface area contributed by atoms with Crippen LogP contribution in [0, 0.1) is 11.3 Å². The van der Waals surface area contributed by atoms with Crippen LogP contribution in [0.3, 0.4) is 0 Å². The first-order valence-corrected chi connectivity index (χ1v) is 4.34. The number of nitriles is 1. The number of aromatic nitrogens is 3. The maximum atomic E-state index is 11.4. The molecule has 0 unspecified atom stereocenters. The number of rotatable bonds is 2. The van der Waals surface area contributed by atoms with E-state index in [1.165, 1.54) is 17.0 Å². The Morgan fingerprint density at radius 2 is 2.38 bits per heavy atom. The van der Waals surface area contributed by atoms with Crippen molar-refractivity contribution in [2.24, 2.45) is 0 Å². The number of nitrogens with one attached hydrogen (secondary N) is 1. The Bertz CT molecular complexity index is 645. The minimum Gasteiger partial charge on any atom is -0.359 e. The molecule has 0 saturated heterocycles. The molecule has 0 bridgehead atoms. The van der Waals surface area contributed by atoms with Crippen LogP contribution in [0.1, 0.15) is 11.3 Å². The third-order valence-electron chi connectivity index (χ3n) is 1.95. The lowest BCUT2D eigenvalue weighted by molar-refractivity contribution is 0.374. The lowest BCUT2D eigenvalue weighted by Gasteiger charge is -2.01. The molecular weight excluding hydrogens is 212 g/mol. The van der Waals surface area contributed by atoms with E-state index in [0.717, 1.165) is 0 Å². The fourth-order valence-electron chi connectivity index (χ4n) is 1.20. The van der Waals surface area contributed by atoms with Gasteiger partial charge in [0.2, 0.25) is 0 Å². The van der Waals surface area contributed by atoms with Crippen LogP contribution in [0.25, 0.3) is 0 Å². The number of aromatic amines is 1. The SMILES string of the molecule is N#Cc1cn(Cc2ccno2)c(=O)[nH]c1=O. The monoisotopic (exact) mass is 218 g/mol. The molecule has 0 aliphatic heterocycles. The molecule has 0 atom stereocenters. The van der Waals surface area contributed by atoms with E-state index in [1.54, 1.807) is 12.1 Å². The predicted octanol–water partition coefficient (Wildman–Crippen LogP) is -0.555. The van der Waals surface area contributed by atoms with Gasteiger partial charge in [-0.1, -0.05) is 5.16 Å².